The van der Waals surface area contributed by atoms with Crippen molar-refractivity contribution in [2.24, 2.45) is 0 Å². The first-order valence-electron chi connectivity index (χ1n) is 8.51. The summed E-state index contributed by atoms with van der Waals surface area (Å²) in [5.41, 5.74) is 3.10. The molecule has 2 aromatic carbocycles. The summed E-state index contributed by atoms with van der Waals surface area (Å²) in [5.74, 6) is 2.36. The molecule has 0 saturated heterocycles. The van der Waals surface area contributed by atoms with Gasteiger partial charge in [-0.05, 0) is 45.8 Å². The van der Waals surface area contributed by atoms with Gasteiger partial charge in [-0.3, -0.25) is 4.79 Å². The normalized spacial score (nSPS) is 14.3. The molecular formula is C20H19BrINO5. The zero-order valence-corrected chi connectivity index (χ0v) is 19.4. The number of likely N-dealkylation sites (N-methyl/N-ethyl adjacent to an activating group) is 1. The van der Waals surface area contributed by atoms with Crippen LogP contribution in [-0.4, -0.2) is 50.7 Å². The Morgan fingerprint density at radius 3 is 2.54 bits per heavy atom. The molecule has 0 atom stereocenters. The molecule has 0 bridgehead atoms. The van der Waals surface area contributed by atoms with E-state index in [0.717, 1.165) is 29.8 Å². The quantitative estimate of drug-likeness (QED) is 0.301. The van der Waals surface area contributed by atoms with Crippen LogP contribution in [0, 0.1) is 0 Å². The van der Waals surface area contributed by atoms with Crippen molar-refractivity contribution in [2.45, 2.75) is 6.42 Å². The van der Waals surface area contributed by atoms with Gasteiger partial charge in [-0.1, -0.05) is 0 Å². The molecule has 4 rings (SSSR count). The Kier molecular flexibility index (Phi) is 6.18. The Balaban J connectivity index is 0.00000225. The van der Waals surface area contributed by atoms with Gasteiger partial charge in [0.25, 0.3) is 11.5 Å². The van der Waals surface area contributed by atoms with E-state index in [-0.39, 0.29) is 36.6 Å². The van der Waals surface area contributed by atoms with Crippen LogP contribution in [0.3, 0.4) is 0 Å². The fourth-order valence-corrected chi connectivity index (χ4v) is 4.17. The van der Waals surface area contributed by atoms with Gasteiger partial charge in [0.2, 0.25) is 6.79 Å². The van der Waals surface area contributed by atoms with Gasteiger partial charge in [0.1, 0.15) is 13.6 Å². The summed E-state index contributed by atoms with van der Waals surface area (Å²) in [6, 6.07) is 7.35. The Morgan fingerprint density at radius 2 is 1.86 bits per heavy atom. The molecule has 0 N–H and O–H groups in total. The second-order valence-corrected chi connectivity index (χ2v) is 7.17. The molecule has 2 aliphatic heterocycles. The minimum Gasteiger partial charge on any atom is -1.00 e. The number of hydrogen-bond acceptors (Lipinski definition) is 5. The lowest BCUT2D eigenvalue weighted by atomic mass is 9.91. The molecule has 0 unspecified atom stereocenters. The van der Waals surface area contributed by atoms with Gasteiger partial charge in [0.05, 0.1) is 24.3 Å². The molecule has 0 amide bonds. The highest BCUT2D eigenvalue weighted by Crippen LogP contribution is 2.39. The summed E-state index contributed by atoms with van der Waals surface area (Å²) in [7, 11) is 5.04. The first-order valence-corrected chi connectivity index (χ1v) is 9.30. The summed E-state index contributed by atoms with van der Waals surface area (Å²) in [6.45, 7) is 0.956. The van der Waals surface area contributed by atoms with E-state index in [1.807, 2.05) is 23.8 Å². The first kappa shape index (κ1) is 20.9. The van der Waals surface area contributed by atoms with Gasteiger partial charge in [-0.2, -0.15) is 0 Å². The van der Waals surface area contributed by atoms with Crippen molar-refractivity contribution in [2.75, 3.05) is 34.6 Å². The van der Waals surface area contributed by atoms with E-state index in [2.05, 4.69) is 15.9 Å². The van der Waals surface area contributed by atoms with Crippen molar-refractivity contribution < 1.29 is 52.3 Å². The third kappa shape index (κ3) is 3.36. The molecular weight excluding hydrogens is 541 g/mol. The number of rotatable bonds is 4. The maximum absolute atomic E-state index is 13.5. The topological polar surface area (TPSA) is 57.0 Å². The third-order valence-electron chi connectivity index (χ3n) is 4.90. The minimum atomic E-state index is -0.0925. The van der Waals surface area contributed by atoms with E-state index < -0.39 is 0 Å². The number of Topliss-reactive ketones (excluding diaryl/α,β-unsaturated/α-hetero) is 1. The molecule has 28 heavy (non-hydrogen) atoms. The second kappa shape index (κ2) is 8.28. The van der Waals surface area contributed by atoms with E-state index in [1.165, 1.54) is 0 Å². The first-order chi connectivity index (χ1) is 13.0. The fourth-order valence-electron chi connectivity index (χ4n) is 3.50. The molecule has 6 nitrogen and oxygen atoms in total. The number of methoxy groups -OCH3 is 2. The average molecular weight is 560 g/mol. The molecule has 8 heteroatoms. The van der Waals surface area contributed by atoms with Crippen LogP contribution in [0.2, 0.25) is 0 Å². The van der Waals surface area contributed by atoms with Crippen LogP contribution in [0.15, 0.2) is 28.7 Å². The number of nitrogens with zero attached hydrogens (tertiary/aromatic N) is 1. The monoisotopic (exact) mass is 559 g/mol. The zero-order valence-electron chi connectivity index (χ0n) is 15.7. The molecule has 0 fully saturated rings. The lowest BCUT2D eigenvalue weighted by Gasteiger charge is -2.18. The molecule has 0 aliphatic carbocycles. The number of carbonyl (C=O) groups excluding carboxylic acids is 1. The highest BCUT2D eigenvalue weighted by atomic mass is 127. The standard InChI is InChI=1S/C20H19BrNO5.HI/c1-22-7-6-11-8-15-16(27-10-26-15)9-13(11)18(22)19(23)12-4-5-14(24-2)20(25-3)17(12)21;/h4-5,8-9H,6-7,10H2,1-3H3;1H/q+1;/p-1. The van der Waals surface area contributed by atoms with Crippen LogP contribution in [0.1, 0.15) is 21.5 Å². The Bertz CT molecular complexity index is 989. The summed E-state index contributed by atoms with van der Waals surface area (Å²) < 4.78 is 24.3. The summed E-state index contributed by atoms with van der Waals surface area (Å²) in [6.07, 6.45) is 0.840. The smallest absolute Gasteiger partial charge is 0.258 e. The summed E-state index contributed by atoms with van der Waals surface area (Å²) >= 11 is 3.51. The van der Waals surface area contributed by atoms with E-state index in [1.54, 1.807) is 26.4 Å². The molecule has 2 aromatic rings. The predicted octanol–water partition coefficient (Wildman–Crippen LogP) is 0.0694. The van der Waals surface area contributed by atoms with Crippen molar-refractivity contribution in [3.05, 3.63) is 45.4 Å². The Labute approximate surface area is 188 Å². The van der Waals surface area contributed by atoms with Crippen molar-refractivity contribution in [3.63, 3.8) is 0 Å². The number of fused-ring (bicyclic) bond motifs is 2. The second-order valence-electron chi connectivity index (χ2n) is 6.37. The number of hydrogen-bond donors (Lipinski definition) is 0. The molecule has 0 spiro atoms. The summed E-state index contributed by atoms with van der Waals surface area (Å²) in [5, 5.41) is 0. The highest BCUT2D eigenvalue weighted by Gasteiger charge is 2.34. The van der Waals surface area contributed by atoms with Gasteiger partial charge in [-0.15, -0.1) is 0 Å². The maximum Gasteiger partial charge on any atom is 0.258 e. The van der Waals surface area contributed by atoms with Crippen LogP contribution < -0.4 is 42.9 Å². The van der Waals surface area contributed by atoms with Crippen LogP contribution in [-0.2, 0) is 6.42 Å². The number of benzene rings is 2. The van der Waals surface area contributed by atoms with Crippen molar-refractivity contribution in [1.29, 1.82) is 0 Å². The average Bonchev–Trinajstić information content (AvgIpc) is 3.12. The molecule has 0 aromatic heterocycles. The number of halogens is 2. The molecule has 148 valence electrons. The van der Waals surface area contributed by atoms with Gasteiger partial charge >= 0.3 is 0 Å². The zero-order chi connectivity index (χ0) is 19.1. The SMILES string of the molecule is COc1ccc(C(=O)C2=[N+](C)CCc3cc4c(cc32)OCO4)c(Br)c1OC.[I-]. The van der Waals surface area contributed by atoms with Crippen molar-refractivity contribution >= 4 is 27.4 Å². The third-order valence-corrected chi connectivity index (χ3v) is 5.68. The molecule has 0 radical (unpaired) electrons. The maximum atomic E-state index is 13.5. The lowest BCUT2D eigenvalue weighted by molar-refractivity contribution is -0.496. The van der Waals surface area contributed by atoms with Gasteiger partial charge in [-0.25, -0.2) is 4.58 Å². The Hall–Kier alpha value is -1.81. The minimum absolute atomic E-state index is 0. The van der Waals surface area contributed by atoms with E-state index in [9.17, 15) is 4.79 Å². The fraction of sp³-hybridized carbons (Fsp3) is 0.300. The molecule has 0 saturated carbocycles. The lowest BCUT2D eigenvalue weighted by Crippen LogP contribution is -3.00. The van der Waals surface area contributed by atoms with E-state index >= 15 is 0 Å². The van der Waals surface area contributed by atoms with Crippen molar-refractivity contribution in [1.82, 2.24) is 0 Å². The largest absolute Gasteiger partial charge is 1.00 e. The molecule has 2 heterocycles. The molecule has 2 aliphatic rings. The Morgan fingerprint density at radius 1 is 1.14 bits per heavy atom. The van der Waals surface area contributed by atoms with Crippen LogP contribution in [0.4, 0.5) is 0 Å². The van der Waals surface area contributed by atoms with Crippen LogP contribution in [0.5, 0.6) is 23.0 Å². The van der Waals surface area contributed by atoms with E-state index in [0.29, 0.717) is 33.0 Å². The highest BCUT2D eigenvalue weighted by molar-refractivity contribution is 9.10. The van der Waals surface area contributed by atoms with Crippen molar-refractivity contribution in [3.8, 4) is 23.0 Å². The number of carbonyl (C=O) groups is 1. The van der Waals surface area contributed by atoms with Crippen LogP contribution in [0.25, 0.3) is 0 Å². The summed E-state index contributed by atoms with van der Waals surface area (Å²) in [4.78, 5) is 13.5. The van der Waals surface area contributed by atoms with Gasteiger partial charge in [0, 0.05) is 12.0 Å². The van der Waals surface area contributed by atoms with E-state index in [4.69, 9.17) is 18.9 Å². The van der Waals surface area contributed by atoms with Crippen LogP contribution >= 0.6 is 15.9 Å². The predicted molar refractivity (Wildman–Crippen MR) is 103 cm³/mol. The van der Waals surface area contributed by atoms with Gasteiger partial charge < -0.3 is 42.9 Å². The number of ketones is 1. The van der Waals surface area contributed by atoms with Gasteiger partial charge in [0.15, 0.2) is 23.0 Å². The number of ether oxygens (including phenoxy) is 4.